The summed E-state index contributed by atoms with van der Waals surface area (Å²) in [4.78, 5) is 33.1. The highest BCUT2D eigenvalue weighted by Gasteiger charge is 2.47. The minimum absolute atomic E-state index is 0.00435. The molecular weight excluding hydrogens is 586 g/mol. The molecule has 1 N–H and O–H groups in total. The summed E-state index contributed by atoms with van der Waals surface area (Å²) in [6, 6.07) is 23.1. The molecule has 1 unspecified atom stereocenters. The van der Waals surface area contributed by atoms with Crippen molar-refractivity contribution in [3.05, 3.63) is 84.3 Å². The Hall–Kier alpha value is -3.94. The van der Waals surface area contributed by atoms with Crippen LogP contribution in [0.4, 0.5) is 0 Å². The summed E-state index contributed by atoms with van der Waals surface area (Å²) in [7, 11) is 0. The van der Waals surface area contributed by atoms with Crippen LogP contribution < -0.4 is 5.32 Å². The van der Waals surface area contributed by atoms with E-state index in [1.54, 1.807) is 17.2 Å². The fourth-order valence-corrected chi connectivity index (χ4v) is 7.78. The first-order valence-electron chi connectivity index (χ1n) is 17.0. The van der Waals surface area contributed by atoms with Crippen LogP contribution in [0.1, 0.15) is 65.7 Å². The normalized spacial score (nSPS) is 16.1. The highest BCUT2D eigenvalue weighted by Crippen LogP contribution is 2.37. The summed E-state index contributed by atoms with van der Waals surface area (Å²) in [6.45, 7) is 16.4. The first-order valence-corrected chi connectivity index (χ1v) is 17.0. The summed E-state index contributed by atoms with van der Waals surface area (Å²) in [5.41, 5.74) is -0.702. The summed E-state index contributed by atoms with van der Waals surface area (Å²) >= 11 is 0. The van der Waals surface area contributed by atoms with Crippen LogP contribution in [0.3, 0.4) is 0 Å². The van der Waals surface area contributed by atoms with Gasteiger partial charge in [0.1, 0.15) is 5.76 Å². The van der Waals surface area contributed by atoms with Gasteiger partial charge in [0.2, 0.25) is 5.91 Å². The summed E-state index contributed by atoms with van der Waals surface area (Å²) in [6.07, 6.45) is 3.18. The second kappa shape index (κ2) is 12.9. The van der Waals surface area contributed by atoms with E-state index in [0.29, 0.717) is 38.5 Å². The largest absolute Gasteiger partial charge is 0.466 e. The molecule has 4 aromatic carbocycles. The third-order valence-corrected chi connectivity index (χ3v) is 9.68. The second-order valence-corrected chi connectivity index (χ2v) is 15.2. The molecule has 5 aromatic rings. The van der Waals surface area contributed by atoms with Crippen molar-refractivity contribution in [1.82, 2.24) is 15.1 Å². The zero-order chi connectivity index (χ0) is 33.4. The number of ether oxygens (including phenoxy) is 1. The lowest BCUT2D eigenvalue weighted by molar-refractivity contribution is -0.150. The van der Waals surface area contributed by atoms with Crippen LogP contribution in [0.5, 0.6) is 0 Å². The summed E-state index contributed by atoms with van der Waals surface area (Å²) in [5, 5.41) is 10.6. The minimum atomic E-state index is -1.34. The van der Waals surface area contributed by atoms with Crippen LogP contribution in [0.25, 0.3) is 32.3 Å². The maximum atomic E-state index is 14.6. The lowest BCUT2D eigenvalue weighted by Gasteiger charge is -2.43. The van der Waals surface area contributed by atoms with E-state index in [2.05, 4.69) is 85.6 Å². The minimum Gasteiger partial charge on any atom is -0.466 e. The van der Waals surface area contributed by atoms with Gasteiger partial charge in [-0.15, -0.1) is 0 Å². The number of furan rings is 1. The van der Waals surface area contributed by atoms with E-state index in [4.69, 9.17) is 9.15 Å². The molecule has 1 aliphatic heterocycles. The van der Waals surface area contributed by atoms with E-state index in [1.165, 1.54) is 32.3 Å². The van der Waals surface area contributed by atoms with Crippen LogP contribution in [0.15, 0.2) is 77.4 Å². The Morgan fingerprint density at radius 1 is 0.830 bits per heavy atom. The van der Waals surface area contributed by atoms with Gasteiger partial charge in [0, 0.05) is 38.1 Å². The van der Waals surface area contributed by atoms with Gasteiger partial charge in [0.15, 0.2) is 5.54 Å². The topological polar surface area (TPSA) is 75.0 Å². The fraction of sp³-hybridized carbons (Fsp3) is 0.450. The van der Waals surface area contributed by atoms with Crippen molar-refractivity contribution in [3.63, 3.8) is 0 Å². The van der Waals surface area contributed by atoms with Crippen molar-refractivity contribution in [2.24, 2.45) is 5.41 Å². The number of aryl methyl sites for hydroxylation is 1. The monoisotopic (exact) mass is 635 g/mol. The third kappa shape index (κ3) is 6.88. The predicted molar refractivity (Wildman–Crippen MR) is 190 cm³/mol. The van der Waals surface area contributed by atoms with E-state index in [0.717, 1.165) is 25.1 Å². The van der Waals surface area contributed by atoms with Crippen molar-refractivity contribution >= 4 is 44.1 Å². The van der Waals surface area contributed by atoms with Crippen LogP contribution in [0.2, 0.25) is 0 Å². The Kier molecular flexibility index (Phi) is 9.07. The van der Waals surface area contributed by atoms with Gasteiger partial charge in [-0.1, -0.05) is 75.4 Å². The first-order chi connectivity index (χ1) is 22.4. The predicted octanol–water partition coefficient (Wildman–Crippen LogP) is 7.52. The van der Waals surface area contributed by atoms with Crippen molar-refractivity contribution in [2.45, 2.75) is 71.9 Å². The lowest BCUT2D eigenvalue weighted by Crippen LogP contribution is -2.61. The average molecular weight is 636 g/mol. The molecule has 0 radical (unpaired) electrons. The molecule has 248 valence electrons. The molecule has 2 amide bonds. The van der Waals surface area contributed by atoms with Gasteiger partial charge in [0.05, 0.1) is 19.5 Å². The number of morpholine rings is 1. The number of nitrogens with zero attached hydrogens (tertiary/aromatic N) is 2. The maximum absolute atomic E-state index is 14.6. The number of carbonyl (C=O) groups is 2. The van der Waals surface area contributed by atoms with Gasteiger partial charge in [0.25, 0.3) is 5.91 Å². The van der Waals surface area contributed by atoms with Crippen molar-refractivity contribution < 1.29 is 18.7 Å². The molecule has 0 saturated carbocycles. The molecule has 47 heavy (non-hydrogen) atoms. The smallest absolute Gasteiger partial charge is 0.254 e. The van der Waals surface area contributed by atoms with Crippen LogP contribution >= 0.6 is 0 Å². The Labute approximate surface area is 278 Å². The van der Waals surface area contributed by atoms with E-state index >= 15 is 0 Å². The molecule has 1 aromatic heterocycles. The molecule has 0 spiro atoms. The molecule has 7 nitrogen and oxygen atoms in total. The molecule has 7 heteroatoms. The first kappa shape index (κ1) is 33.0. The molecule has 1 aliphatic rings. The Balaban J connectivity index is 1.33. The number of benzene rings is 4. The number of carbonyl (C=O) groups excluding carboxylic acids is 2. The van der Waals surface area contributed by atoms with Gasteiger partial charge in [-0.2, -0.15) is 0 Å². The molecule has 1 fully saturated rings. The quantitative estimate of drug-likeness (QED) is 0.152. The Bertz CT molecular complexity index is 1830. The molecule has 6 rings (SSSR count). The molecular formula is C40H49N3O4. The van der Waals surface area contributed by atoms with E-state index < -0.39 is 11.1 Å². The second-order valence-electron chi connectivity index (χ2n) is 15.2. The number of hydrogen-bond acceptors (Lipinski definition) is 5. The fourth-order valence-electron chi connectivity index (χ4n) is 7.78. The molecule has 2 heterocycles. The molecule has 0 aliphatic carbocycles. The summed E-state index contributed by atoms with van der Waals surface area (Å²) in [5.74, 6) is 0.144. The zero-order valence-electron chi connectivity index (χ0n) is 28.8. The average Bonchev–Trinajstić information content (AvgIpc) is 3.58. The van der Waals surface area contributed by atoms with Gasteiger partial charge in [-0.05, 0) is 89.0 Å². The SMILES string of the molecule is CC(C)(C)CC(C)(C)NC(=O)C(C)(c1ccco1)N(CCN1CCOCC1)C(=O)CCc1ccc2ccc3cccc4ccc1c2c34. The highest BCUT2D eigenvalue weighted by molar-refractivity contribution is 6.23. The highest BCUT2D eigenvalue weighted by atomic mass is 16.5. The zero-order valence-corrected chi connectivity index (χ0v) is 28.8. The number of amides is 2. The number of hydrogen-bond donors (Lipinski definition) is 1. The number of rotatable bonds is 11. The van der Waals surface area contributed by atoms with E-state index in [9.17, 15) is 9.59 Å². The van der Waals surface area contributed by atoms with Crippen molar-refractivity contribution in [3.8, 4) is 0 Å². The van der Waals surface area contributed by atoms with E-state index in [1.807, 2.05) is 26.8 Å². The standard InChI is InChI=1S/C40H49N3O4/c1-38(2,3)27-39(4,5)41-37(45)40(6,33-11-8-24-47-33)43(21-20-42-22-25-46-26-23-42)34(44)19-17-28-12-13-31-15-14-29-9-7-10-30-16-18-32(28)36(31)35(29)30/h7-16,18,24H,17,19-23,25-27H2,1-6H3,(H,41,45). The lowest BCUT2D eigenvalue weighted by atomic mass is 9.81. The number of nitrogens with one attached hydrogen (secondary N) is 1. The van der Waals surface area contributed by atoms with Gasteiger partial charge < -0.3 is 19.4 Å². The molecule has 1 saturated heterocycles. The third-order valence-electron chi connectivity index (χ3n) is 9.68. The van der Waals surface area contributed by atoms with E-state index in [-0.39, 0.29) is 23.7 Å². The van der Waals surface area contributed by atoms with Gasteiger partial charge in [-0.25, -0.2) is 0 Å². The van der Waals surface area contributed by atoms with Crippen LogP contribution in [-0.4, -0.2) is 66.5 Å². The summed E-state index contributed by atoms with van der Waals surface area (Å²) < 4.78 is 11.5. The Morgan fingerprint density at radius 3 is 2.15 bits per heavy atom. The van der Waals surface area contributed by atoms with Crippen molar-refractivity contribution in [1.29, 1.82) is 0 Å². The van der Waals surface area contributed by atoms with Gasteiger partial charge in [-0.3, -0.25) is 14.5 Å². The maximum Gasteiger partial charge on any atom is 0.254 e. The van der Waals surface area contributed by atoms with Gasteiger partial charge >= 0.3 is 0 Å². The van der Waals surface area contributed by atoms with Crippen molar-refractivity contribution in [2.75, 3.05) is 39.4 Å². The van der Waals surface area contributed by atoms with Crippen LogP contribution in [-0.2, 0) is 26.3 Å². The Morgan fingerprint density at radius 2 is 1.49 bits per heavy atom. The molecule has 0 bridgehead atoms. The molecule has 1 atom stereocenters. The van der Waals surface area contributed by atoms with Crippen LogP contribution in [0, 0.1) is 5.41 Å².